The van der Waals surface area contributed by atoms with Gasteiger partial charge in [-0.15, -0.1) is 0 Å². The van der Waals surface area contributed by atoms with Crippen molar-refractivity contribution in [3.63, 3.8) is 0 Å². The molecule has 2 aliphatic rings. The molecule has 10 nitrogen and oxygen atoms in total. The molecule has 0 radical (unpaired) electrons. The first-order chi connectivity index (χ1) is 21.1. The van der Waals surface area contributed by atoms with Gasteiger partial charge in [0.15, 0.2) is 0 Å². The van der Waals surface area contributed by atoms with E-state index in [1.54, 1.807) is 30.6 Å². The van der Waals surface area contributed by atoms with Gasteiger partial charge in [-0.3, -0.25) is 14.8 Å². The number of rotatable bonds is 12. The fourth-order valence-corrected chi connectivity index (χ4v) is 6.18. The summed E-state index contributed by atoms with van der Waals surface area (Å²) < 4.78 is 34.8. The van der Waals surface area contributed by atoms with Crippen molar-refractivity contribution in [2.45, 2.75) is 57.7 Å². The molecule has 44 heavy (non-hydrogen) atoms. The molecule has 2 amide bonds. The average molecular weight is 616 g/mol. The molecule has 0 spiro atoms. The van der Waals surface area contributed by atoms with Crippen molar-refractivity contribution in [3.05, 3.63) is 108 Å². The second kappa shape index (κ2) is 13.5. The van der Waals surface area contributed by atoms with Crippen molar-refractivity contribution < 1.29 is 22.7 Å². The summed E-state index contributed by atoms with van der Waals surface area (Å²) in [4.78, 5) is 34.6. The SMILES string of the molecule is C=C(c1cc(C2CC2)ncc1C1=C[C@H](NC(=O)OCc2ccccc2)C[C@@H]1NC(=O)c1cccnc1)S(=O)(=O)NCC(C)C. The number of sulfonamides is 1. The van der Waals surface area contributed by atoms with Crippen LogP contribution in [0.15, 0.2) is 79.8 Å². The maximum atomic E-state index is 13.3. The normalized spacial score (nSPS) is 18.0. The van der Waals surface area contributed by atoms with Crippen molar-refractivity contribution in [1.29, 1.82) is 0 Å². The van der Waals surface area contributed by atoms with Crippen molar-refractivity contribution >= 4 is 32.5 Å². The molecule has 230 valence electrons. The Kier molecular flexibility index (Phi) is 9.55. The summed E-state index contributed by atoms with van der Waals surface area (Å²) in [5, 5.41) is 5.91. The van der Waals surface area contributed by atoms with Crippen LogP contribution in [0, 0.1) is 5.92 Å². The summed E-state index contributed by atoms with van der Waals surface area (Å²) in [6.45, 7) is 8.21. The Balaban J connectivity index is 1.45. The molecule has 0 bridgehead atoms. The second-order valence-electron chi connectivity index (χ2n) is 11.5. The fourth-order valence-electron chi connectivity index (χ4n) is 4.99. The first-order valence-electron chi connectivity index (χ1n) is 14.7. The lowest BCUT2D eigenvalue weighted by Gasteiger charge is -2.21. The summed E-state index contributed by atoms with van der Waals surface area (Å²) in [6.07, 6.45) is 8.19. The van der Waals surface area contributed by atoms with Gasteiger partial charge >= 0.3 is 6.09 Å². The largest absolute Gasteiger partial charge is 0.445 e. The molecular weight excluding hydrogens is 578 g/mol. The highest BCUT2D eigenvalue weighted by molar-refractivity contribution is 7.98. The average Bonchev–Trinajstić information content (AvgIpc) is 3.81. The summed E-state index contributed by atoms with van der Waals surface area (Å²) in [5.74, 6) is 0.0272. The number of pyridine rings is 2. The number of hydrogen-bond acceptors (Lipinski definition) is 7. The lowest BCUT2D eigenvalue weighted by molar-refractivity contribution is 0.0944. The third-order valence-corrected chi connectivity index (χ3v) is 8.94. The predicted octanol–water partition coefficient (Wildman–Crippen LogP) is 4.78. The van der Waals surface area contributed by atoms with E-state index in [1.807, 2.05) is 50.3 Å². The molecule has 5 rings (SSSR count). The molecule has 1 aromatic carbocycles. The Bertz CT molecular complexity index is 1650. The Morgan fingerprint density at radius 3 is 2.52 bits per heavy atom. The van der Waals surface area contributed by atoms with Gasteiger partial charge in [-0.2, -0.15) is 0 Å². The number of amides is 2. The van der Waals surface area contributed by atoms with E-state index in [-0.39, 0.29) is 35.8 Å². The molecule has 0 aliphatic heterocycles. The standard InChI is InChI=1S/C33H37N5O5S/c1-21(2)17-36-44(41,42)22(3)27-16-30(24-11-12-24)35-19-29(27)28-14-26(37-33(40)43-20-23-8-5-4-6-9-23)15-31(28)38-32(39)25-10-7-13-34-18-25/h4-10,13-14,16,18-19,21,24,26,31,36H,3,11-12,15,17,20H2,1-2H3,(H,37,40)(H,38,39)/t26-,31-/m0/s1. The van der Waals surface area contributed by atoms with E-state index < -0.39 is 28.2 Å². The zero-order chi connectivity index (χ0) is 31.3. The highest BCUT2D eigenvalue weighted by atomic mass is 32.2. The maximum Gasteiger partial charge on any atom is 0.407 e. The highest BCUT2D eigenvalue weighted by Crippen LogP contribution is 2.42. The summed E-state index contributed by atoms with van der Waals surface area (Å²) >= 11 is 0. The summed E-state index contributed by atoms with van der Waals surface area (Å²) in [6, 6.07) is 13.4. The number of benzene rings is 1. The summed E-state index contributed by atoms with van der Waals surface area (Å²) in [7, 11) is -3.92. The molecule has 1 saturated carbocycles. The number of ether oxygens (including phenoxy) is 1. The van der Waals surface area contributed by atoms with Crippen LogP contribution in [-0.2, 0) is 21.4 Å². The van der Waals surface area contributed by atoms with Gasteiger partial charge in [-0.25, -0.2) is 17.9 Å². The topological polar surface area (TPSA) is 139 Å². The number of carbonyl (C=O) groups excluding carboxylic acids is 2. The second-order valence-corrected chi connectivity index (χ2v) is 13.3. The van der Waals surface area contributed by atoms with Crippen LogP contribution in [0.3, 0.4) is 0 Å². The third-order valence-electron chi connectivity index (χ3n) is 7.53. The number of alkyl carbamates (subject to hydrolysis) is 1. The van der Waals surface area contributed by atoms with Crippen molar-refractivity contribution in [2.75, 3.05) is 6.54 Å². The number of aromatic nitrogens is 2. The lowest BCUT2D eigenvalue weighted by Crippen LogP contribution is -2.39. The van der Waals surface area contributed by atoms with Gasteiger partial charge in [0.2, 0.25) is 10.0 Å². The number of nitrogens with one attached hydrogen (secondary N) is 3. The molecule has 2 heterocycles. The van der Waals surface area contributed by atoms with Gasteiger partial charge in [0.1, 0.15) is 6.61 Å². The molecule has 2 aliphatic carbocycles. The van der Waals surface area contributed by atoms with Crippen LogP contribution in [0.2, 0.25) is 0 Å². The van der Waals surface area contributed by atoms with Gasteiger partial charge < -0.3 is 15.4 Å². The zero-order valence-corrected chi connectivity index (χ0v) is 25.6. The first kappa shape index (κ1) is 31.1. The Hall–Kier alpha value is -4.35. The predicted molar refractivity (Wildman–Crippen MR) is 169 cm³/mol. The van der Waals surface area contributed by atoms with Gasteiger partial charge in [-0.1, -0.05) is 56.8 Å². The number of hydrogen-bond donors (Lipinski definition) is 3. The molecule has 3 aromatic rings. The molecule has 2 aromatic heterocycles. The first-order valence-corrected chi connectivity index (χ1v) is 16.2. The van der Waals surface area contributed by atoms with Crippen molar-refractivity contribution in [2.24, 2.45) is 5.92 Å². The van der Waals surface area contributed by atoms with E-state index in [0.717, 1.165) is 24.1 Å². The van der Waals surface area contributed by atoms with E-state index in [1.165, 1.54) is 6.20 Å². The van der Waals surface area contributed by atoms with Crippen LogP contribution in [-0.4, -0.2) is 49.0 Å². The molecule has 1 fully saturated rings. The van der Waals surface area contributed by atoms with Crippen LogP contribution in [0.25, 0.3) is 10.5 Å². The minimum absolute atomic E-state index is 0.0747. The van der Waals surface area contributed by atoms with Crippen LogP contribution in [0.1, 0.15) is 71.8 Å². The molecule has 0 unspecified atom stereocenters. The Morgan fingerprint density at radius 2 is 1.84 bits per heavy atom. The monoisotopic (exact) mass is 615 g/mol. The van der Waals surface area contributed by atoms with E-state index in [9.17, 15) is 18.0 Å². The van der Waals surface area contributed by atoms with Gasteiger partial charge in [0, 0.05) is 47.9 Å². The zero-order valence-electron chi connectivity index (χ0n) is 24.8. The molecule has 3 N–H and O–H groups in total. The molecule has 2 atom stereocenters. The van der Waals surface area contributed by atoms with Gasteiger partial charge in [0.05, 0.1) is 22.6 Å². The number of carbonyl (C=O) groups is 2. The third kappa shape index (κ3) is 7.78. The van der Waals surface area contributed by atoms with Crippen molar-refractivity contribution in [1.82, 2.24) is 25.3 Å². The minimum atomic E-state index is -3.92. The van der Waals surface area contributed by atoms with E-state index in [4.69, 9.17) is 4.74 Å². The lowest BCUT2D eigenvalue weighted by atomic mass is 9.96. The minimum Gasteiger partial charge on any atom is -0.445 e. The molecule has 0 saturated heterocycles. The van der Waals surface area contributed by atoms with E-state index in [0.29, 0.717) is 28.7 Å². The molecule has 11 heteroatoms. The number of nitrogens with zero attached hydrogens (tertiary/aromatic N) is 2. The van der Waals surface area contributed by atoms with Crippen LogP contribution < -0.4 is 15.4 Å². The maximum absolute atomic E-state index is 13.3. The Labute approximate surface area is 258 Å². The van der Waals surface area contributed by atoms with E-state index in [2.05, 4.69) is 31.9 Å². The van der Waals surface area contributed by atoms with Crippen molar-refractivity contribution in [3.8, 4) is 0 Å². The summed E-state index contributed by atoms with van der Waals surface area (Å²) in [5.41, 5.74) is 3.59. The van der Waals surface area contributed by atoms with Crippen LogP contribution in [0.4, 0.5) is 4.79 Å². The highest BCUT2D eigenvalue weighted by Gasteiger charge is 2.34. The van der Waals surface area contributed by atoms with E-state index >= 15 is 0 Å². The van der Waals surface area contributed by atoms with Gasteiger partial charge in [0.25, 0.3) is 5.91 Å². The smallest absolute Gasteiger partial charge is 0.407 e. The van der Waals surface area contributed by atoms with Crippen LogP contribution >= 0.6 is 0 Å². The fraction of sp³-hybridized carbons (Fsp3) is 0.333. The quantitative estimate of drug-likeness (QED) is 0.266. The molecular formula is C33H37N5O5S. The Morgan fingerprint density at radius 1 is 1.07 bits per heavy atom. The van der Waals surface area contributed by atoms with Gasteiger partial charge in [-0.05, 0) is 54.5 Å². The van der Waals surface area contributed by atoms with Crippen LogP contribution in [0.5, 0.6) is 0 Å².